The Labute approximate surface area is 86.6 Å². The molecule has 1 atom stereocenters. The van der Waals surface area contributed by atoms with E-state index in [9.17, 15) is 18.0 Å². The highest BCUT2D eigenvalue weighted by molar-refractivity contribution is 5.75. The van der Waals surface area contributed by atoms with Crippen molar-refractivity contribution in [3.05, 3.63) is 0 Å². The number of halogens is 3. The zero-order chi connectivity index (χ0) is 11.9. The molecule has 1 N–H and O–H groups in total. The summed E-state index contributed by atoms with van der Waals surface area (Å²) in [6.45, 7) is 4.55. The number of nitrogens with zero attached hydrogens (tertiary/aromatic N) is 1. The van der Waals surface area contributed by atoms with Crippen LogP contribution < -0.4 is 5.32 Å². The summed E-state index contributed by atoms with van der Waals surface area (Å²) >= 11 is 0. The Morgan fingerprint density at radius 2 is 1.87 bits per heavy atom. The summed E-state index contributed by atoms with van der Waals surface area (Å²) in [6.07, 6.45) is -4.25. The second-order valence-corrected chi connectivity index (χ2v) is 4.71. The minimum absolute atomic E-state index is 0.265. The summed E-state index contributed by atoms with van der Waals surface area (Å²) in [6, 6.07) is -0.428. The zero-order valence-electron chi connectivity index (χ0n) is 8.98. The van der Waals surface area contributed by atoms with Crippen molar-refractivity contribution in [2.75, 3.05) is 13.1 Å². The molecule has 0 radical (unpaired) electrons. The number of hydrogen-bond donors (Lipinski definition) is 1. The first kappa shape index (κ1) is 12.1. The van der Waals surface area contributed by atoms with Crippen LogP contribution in [0.3, 0.4) is 0 Å². The van der Waals surface area contributed by atoms with Crippen LogP contribution in [0.5, 0.6) is 0 Å². The summed E-state index contributed by atoms with van der Waals surface area (Å²) in [5.41, 5.74) is -0.589. The quantitative estimate of drug-likeness (QED) is 0.670. The van der Waals surface area contributed by atoms with Crippen LogP contribution in [0, 0.1) is 5.92 Å². The predicted octanol–water partition coefficient (Wildman–Crippen LogP) is 1.99. The lowest BCUT2D eigenvalue weighted by molar-refractivity contribution is -0.181. The molecule has 0 aliphatic carbocycles. The maximum absolute atomic E-state index is 12.5. The number of urea groups is 1. The molecule has 3 nitrogen and oxygen atoms in total. The van der Waals surface area contributed by atoms with E-state index in [4.69, 9.17) is 0 Å². The van der Waals surface area contributed by atoms with Gasteiger partial charge in [-0.25, -0.2) is 4.79 Å². The fourth-order valence-corrected chi connectivity index (χ4v) is 1.47. The summed E-state index contributed by atoms with van der Waals surface area (Å²) < 4.78 is 37.4. The lowest BCUT2D eigenvalue weighted by Crippen LogP contribution is -2.60. The van der Waals surface area contributed by atoms with Gasteiger partial charge in [-0.15, -0.1) is 0 Å². The fraction of sp³-hybridized carbons (Fsp3) is 0.889. The highest BCUT2D eigenvalue weighted by atomic mass is 19.4. The molecule has 1 heterocycles. The lowest BCUT2D eigenvalue weighted by Gasteiger charge is -2.42. The number of rotatable bonds is 0. The van der Waals surface area contributed by atoms with E-state index in [1.165, 1.54) is 4.90 Å². The highest BCUT2D eigenvalue weighted by Crippen LogP contribution is 2.30. The second kappa shape index (κ2) is 3.57. The average molecular weight is 224 g/mol. The number of alkyl halides is 3. The number of amides is 2. The molecule has 1 fully saturated rings. The third kappa shape index (κ3) is 2.76. The number of carbonyl (C=O) groups excluding carboxylic acids is 1. The van der Waals surface area contributed by atoms with Crippen molar-refractivity contribution in [1.82, 2.24) is 10.2 Å². The molecule has 1 aliphatic rings. The van der Waals surface area contributed by atoms with E-state index in [2.05, 4.69) is 5.32 Å². The average Bonchev–Trinajstić information content (AvgIpc) is 2.00. The van der Waals surface area contributed by atoms with Gasteiger partial charge in [-0.2, -0.15) is 13.2 Å². The molecule has 1 unspecified atom stereocenters. The minimum atomic E-state index is -4.25. The standard InChI is InChI=1S/C9H15F3N2O/c1-8(2,3)14-5-6(9(10,11)12)4-13-7(14)15/h6H,4-5H2,1-3H3,(H,13,15). The Balaban J connectivity index is 2.78. The van der Waals surface area contributed by atoms with E-state index in [0.717, 1.165) is 0 Å². The van der Waals surface area contributed by atoms with Crippen molar-refractivity contribution < 1.29 is 18.0 Å². The van der Waals surface area contributed by atoms with Crippen LogP contribution >= 0.6 is 0 Å². The van der Waals surface area contributed by atoms with Gasteiger partial charge in [0, 0.05) is 18.6 Å². The van der Waals surface area contributed by atoms with E-state index in [1.54, 1.807) is 20.8 Å². The fourth-order valence-electron chi connectivity index (χ4n) is 1.47. The van der Waals surface area contributed by atoms with Crippen molar-refractivity contribution in [1.29, 1.82) is 0 Å². The van der Waals surface area contributed by atoms with E-state index in [-0.39, 0.29) is 13.1 Å². The Morgan fingerprint density at radius 1 is 1.33 bits per heavy atom. The maximum atomic E-state index is 12.5. The topological polar surface area (TPSA) is 32.3 Å². The molecule has 2 amide bonds. The molecule has 0 aromatic carbocycles. The van der Waals surface area contributed by atoms with Gasteiger partial charge in [-0.1, -0.05) is 0 Å². The minimum Gasteiger partial charge on any atom is -0.337 e. The van der Waals surface area contributed by atoms with Crippen LogP contribution in [0.15, 0.2) is 0 Å². The SMILES string of the molecule is CC(C)(C)N1CC(C(F)(F)F)CNC1=O. The molecule has 0 spiro atoms. The summed E-state index contributed by atoms with van der Waals surface area (Å²) in [7, 11) is 0. The Bertz CT molecular complexity index is 257. The van der Waals surface area contributed by atoms with Crippen LogP contribution in [0.4, 0.5) is 18.0 Å². The maximum Gasteiger partial charge on any atom is 0.395 e. The van der Waals surface area contributed by atoms with Gasteiger partial charge in [0.1, 0.15) is 0 Å². The summed E-state index contributed by atoms with van der Waals surface area (Å²) in [4.78, 5) is 12.6. The van der Waals surface area contributed by atoms with Gasteiger partial charge < -0.3 is 10.2 Å². The number of carbonyl (C=O) groups is 1. The molecule has 0 aromatic rings. The Kier molecular flexibility index (Phi) is 2.89. The van der Waals surface area contributed by atoms with Crippen LogP contribution in [-0.2, 0) is 0 Å². The first-order valence-corrected chi connectivity index (χ1v) is 4.74. The molecule has 15 heavy (non-hydrogen) atoms. The van der Waals surface area contributed by atoms with Crippen LogP contribution in [0.1, 0.15) is 20.8 Å². The van der Waals surface area contributed by atoms with Crippen molar-refractivity contribution in [3.8, 4) is 0 Å². The number of hydrogen-bond acceptors (Lipinski definition) is 1. The van der Waals surface area contributed by atoms with Gasteiger partial charge >= 0.3 is 12.2 Å². The molecule has 0 bridgehead atoms. The molecule has 0 saturated carbocycles. The van der Waals surface area contributed by atoms with Gasteiger partial charge in [0.05, 0.1) is 5.92 Å². The van der Waals surface area contributed by atoms with Crippen molar-refractivity contribution in [2.24, 2.45) is 5.92 Å². The molecular weight excluding hydrogens is 209 g/mol. The van der Waals surface area contributed by atoms with Gasteiger partial charge in [0.15, 0.2) is 0 Å². The predicted molar refractivity (Wildman–Crippen MR) is 49.4 cm³/mol. The van der Waals surface area contributed by atoms with Gasteiger partial charge in [-0.05, 0) is 20.8 Å². The van der Waals surface area contributed by atoms with Gasteiger partial charge in [0.25, 0.3) is 0 Å². The molecule has 1 aliphatic heterocycles. The molecule has 1 saturated heterocycles. The van der Waals surface area contributed by atoms with Crippen LogP contribution in [0.2, 0.25) is 0 Å². The van der Waals surface area contributed by atoms with E-state index >= 15 is 0 Å². The number of nitrogens with one attached hydrogen (secondary N) is 1. The summed E-state index contributed by atoms with van der Waals surface area (Å²) in [5.74, 6) is -1.48. The highest BCUT2D eigenvalue weighted by Gasteiger charge is 2.45. The van der Waals surface area contributed by atoms with Crippen molar-refractivity contribution >= 4 is 6.03 Å². The Morgan fingerprint density at radius 3 is 2.27 bits per heavy atom. The lowest BCUT2D eigenvalue weighted by atomic mass is 10.00. The van der Waals surface area contributed by atoms with E-state index < -0.39 is 23.7 Å². The first-order valence-electron chi connectivity index (χ1n) is 4.74. The summed E-state index contributed by atoms with van der Waals surface area (Å²) in [5, 5.41) is 2.26. The van der Waals surface area contributed by atoms with Crippen molar-refractivity contribution in [2.45, 2.75) is 32.5 Å². The van der Waals surface area contributed by atoms with Crippen molar-refractivity contribution in [3.63, 3.8) is 0 Å². The largest absolute Gasteiger partial charge is 0.395 e. The second-order valence-electron chi connectivity index (χ2n) is 4.71. The van der Waals surface area contributed by atoms with Crippen LogP contribution in [0.25, 0.3) is 0 Å². The van der Waals surface area contributed by atoms with Crippen LogP contribution in [-0.4, -0.2) is 35.7 Å². The smallest absolute Gasteiger partial charge is 0.337 e. The van der Waals surface area contributed by atoms with E-state index in [1.807, 2.05) is 0 Å². The van der Waals surface area contributed by atoms with Gasteiger partial charge in [-0.3, -0.25) is 0 Å². The first-order chi connectivity index (χ1) is 6.62. The normalized spacial score (nSPS) is 24.0. The molecule has 1 rings (SSSR count). The monoisotopic (exact) mass is 224 g/mol. The third-order valence-electron chi connectivity index (χ3n) is 2.42. The molecular formula is C9H15F3N2O. The molecule has 0 aromatic heterocycles. The van der Waals surface area contributed by atoms with E-state index in [0.29, 0.717) is 0 Å². The molecule has 88 valence electrons. The zero-order valence-corrected chi connectivity index (χ0v) is 8.98. The third-order valence-corrected chi connectivity index (χ3v) is 2.42. The Hall–Kier alpha value is -0.940. The van der Waals surface area contributed by atoms with Gasteiger partial charge in [0.2, 0.25) is 0 Å². The molecule has 6 heteroatoms.